The summed E-state index contributed by atoms with van der Waals surface area (Å²) in [4.78, 5) is 43.3. The van der Waals surface area contributed by atoms with E-state index in [-0.39, 0.29) is 17.8 Å². The fourth-order valence-corrected chi connectivity index (χ4v) is 3.13. The maximum absolute atomic E-state index is 12.3. The van der Waals surface area contributed by atoms with Crippen molar-refractivity contribution in [1.29, 1.82) is 0 Å². The van der Waals surface area contributed by atoms with E-state index in [1.165, 1.54) is 30.0 Å². The maximum atomic E-state index is 12.3. The summed E-state index contributed by atoms with van der Waals surface area (Å²) in [5, 5.41) is 18.3. The monoisotopic (exact) mass is 430 g/mol. The summed E-state index contributed by atoms with van der Waals surface area (Å²) in [5.74, 6) is -0.874. The predicted molar refractivity (Wildman–Crippen MR) is 108 cm³/mol. The summed E-state index contributed by atoms with van der Waals surface area (Å²) in [6, 6.07) is 5.70. The normalized spacial score (nSPS) is 10.8. The number of para-hydroxylation sites is 2. The van der Waals surface area contributed by atoms with Crippen LogP contribution in [0.2, 0.25) is 0 Å². The summed E-state index contributed by atoms with van der Waals surface area (Å²) in [7, 11) is 0. The number of hydrogen-bond acceptors (Lipinski definition) is 9. The minimum atomic E-state index is -0.680. The van der Waals surface area contributed by atoms with Crippen LogP contribution in [0.5, 0.6) is 0 Å². The zero-order valence-electron chi connectivity index (χ0n) is 16.4. The number of esters is 1. The highest BCUT2D eigenvalue weighted by atomic mass is 32.2. The Morgan fingerprint density at radius 1 is 1.27 bits per heavy atom. The van der Waals surface area contributed by atoms with Crippen LogP contribution < -0.4 is 5.32 Å². The number of anilines is 1. The SMILES string of the molecule is CSc1nc2nc(C)c(CC(=O)OCC(=O)Nc3ccccc3[N+](=O)[O-])c(C)n2n1. The molecule has 0 radical (unpaired) electrons. The molecule has 0 saturated heterocycles. The van der Waals surface area contributed by atoms with Crippen molar-refractivity contribution in [3.8, 4) is 0 Å². The fraction of sp³-hybridized carbons (Fsp3) is 0.278. The van der Waals surface area contributed by atoms with Gasteiger partial charge >= 0.3 is 5.97 Å². The van der Waals surface area contributed by atoms with Crippen LogP contribution in [-0.2, 0) is 20.7 Å². The molecular weight excluding hydrogens is 412 g/mol. The molecule has 0 aliphatic rings. The minimum absolute atomic E-state index is 0.0284. The number of benzene rings is 1. The quantitative estimate of drug-likeness (QED) is 0.258. The highest BCUT2D eigenvalue weighted by molar-refractivity contribution is 7.98. The van der Waals surface area contributed by atoms with Gasteiger partial charge < -0.3 is 10.1 Å². The number of rotatable bonds is 7. The molecule has 0 aliphatic carbocycles. The van der Waals surface area contributed by atoms with Gasteiger partial charge in [-0.05, 0) is 26.2 Å². The van der Waals surface area contributed by atoms with Crippen LogP contribution in [0, 0.1) is 24.0 Å². The highest BCUT2D eigenvalue weighted by Crippen LogP contribution is 2.23. The zero-order chi connectivity index (χ0) is 21.8. The van der Waals surface area contributed by atoms with E-state index in [0.717, 1.165) is 0 Å². The molecule has 2 aromatic heterocycles. The minimum Gasteiger partial charge on any atom is -0.455 e. The molecule has 1 amide bonds. The van der Waals surface area contributed by atoms with Crippen molar-refractivity contribution in [2.75, 3.05) is 18.2 Å². The number of aryl methyl sites for hydroxylation is 2. The third-order valence-electron chi connectivity index (χ3n) is 4.27. The van der Waals surface area contributed by atoms with Crippen LogP contribution in [0.3, 0.4) is 0 Å². The van der Waals surface area contributed by atoms with Gasteiger partial charge in [0.2, 0.25) is 5.16 Å². The summed E-state index contributed by atoms with van der Waals surface area (Å²) < 4.78 is 6.59. The van der Waals surface area contributed by atoms with E-state index in [1.54, 1.807) is 24.4 Å². The van der Waals surface area contributed by atoms with Gasteiger partial charge in [0.05, 0.1) is 11.3 Å². The van der Waals surface area contributed by atoms with Crippen molar-refractivity contribution < 1.29 is 19.2 Å². The van der Waals surface area contributed by atoms with Crippen LogP contribution in [0.1, 0.15) is 17.0 Å². The molecular formula is C18H18N6O5S. The molecule has 0 fully saturated rings. The first kappa shape index (κ1) is 21.2. The molecule has 3 aromatic rings. The van der Waals surface area contributed by atoms with Gasteiger partial charge in [-0.1, -0.05) is 23.9 Å². The summed E-state index contributed by atoms with van der Waals surface area (Å²) in [6.07, 6.45) is 1.75. The summed E-state index contributed by atoms with van der Waals surface area (Å²) >= 11 is 1.38. The molecule has 0 saturated carbocycles. The number of hydrogen-bond donors (Lipinski definition) is 1. The van der Waals surface area contributed by atoms with Gasteiger partial charge in [-0.3, -0.25) is 19.7 Å². The topological polar surface area (TPSA) is 142 Å². The number of amides is 1. The number of thioether (sulfide) groups is 1. The number of aromatic nitrogens is 4. The predicted octanol–water partition coefficient (Wildman–Crippen LogP) is 2.10. The molecule has 1 aromatic carbocycles. The number of nitrogens with one attached hydrogen (secondary N) is 1. The van der Waals surface area contributed by atoms with Crippen LogP contribution in [0.4, 0.5) is 11.4 Å². The van der Waals surface area contributed by atoms with E-state index in [9.17, 15) is 19.7 Å². The lowest BCUT2D eigenvalue weighted by atomic mass is 10.1. The largest absolute Gasteiger partial charge is 0.455 e. The Balaban J connectivity index is 1.65. The molecule has 2 heterocycles. The van der Waals surface area contributed by atoms with Gasteiger partial charge in [0.15, 0.2) is 6.61 Å². The van der Waals surface area contributed by atoms with Gasteiger partial charge in [0.25, 0.3) is 17.4 Å². The molecule has 1 N–H and O–H groups in total. The van der Waals surface area contributed by atoms with Crippen molar-refractivity contribution >= 4 is 40.8 Å². The molecule has 30 heavy (non-hydrogen) atoms. The second kappa shape index (κ2) is 8.86. The van der Waals surface area contributed by atoms with Crippen molar-refractivity contribution in [3.05, 3.63) is 51.3 Å². The number of nitro benzene ring substituents is 1. The second-order valence-corrected chi connectivity index (χ2v) is 7.00. The number of ether oxygens (including phenoxy) is 1. The van der Waals surface area contributed by atoms with Gasteiger partial charge in [0, 0.05) is 23.0 Å². The van der Waals surface area contributed by atoms with Crippen molar-refractivity contribution in [2.24, 2.45) is 0 Å². The zero-order valence-corrected chi connectivity index (χ0v) is 17.2. The van der Waals surface area contributed by atoms with E-state index in [0.29, 0.717) is 27.9 Å². The Morgan fingerprint density at radius 2 is 2.00 bits per heavy atom. The van der Waals surface area contributed by atoms with Crippen LogP contribution in [0.25, 0.3) is 5.78 Å². The smallest absolute Gasteiger partial charge is 0.310 e. The fourth-order valence-electron chi connectivity index (χ4n) is 2.80. The van der Waals surface area contributed by atoms with Crippen LogP contribution >= 0.6 is 11.8 Å². The Hall–Kier alpha value is -3.54. The average Bonchev–Trinajstić information content (AvgIpc) is 3.13. The molecule has 0 unspecified atom stereocenters. The molecule has 0 aliphatic heterocycles. The molecule has 0 bridgehead atoms. The number of carbonyl (C=O) groups is 2. The van der Waals surface area contributed by atoms with Crippen LogP contribution in [0.15, 0.2) is 29.4 Å². The van der Waals surface area contributed by atoms with Gasteiger partial charge in [-0.25, -0.2) is 9.50 Å². The van der Waals surface area contributed by atoms with E-state index in [4.69, 9.17) is 4.74 Å². The maximum Gasteiger partial charge on any atom is 0.310 e. The third kappa shape index (κ3) is 4.54. The molecule has 11 nitrogen and oxygen atoms in total. The number of fused-ring (bicyclic) bond motifs is 1. The Bertz CT molecular complexity index is 1150. The standard InChI is InChI=1S/C18H18N6O5S/c1-10-12(11(2)23-17(19-10)21-18(22-23)30-3)8-16(26)29-9-15(25)20-13-6-4-5-7-14(13)24(27)28/h4-7H,8-9H2,1-3H3,(H,20,25). The third-order valence-corrected chi connectivity index (χ3v) is 4.81. The number of nitrogens with zero attached hydrogens (tertiary/aromatic N) is 5. The molecule has 0 spiro atoms. The van der Waals surface area contributed by atoms with E-state index < -0.39 is 23.4 Å². The summed E-state index contributed by atoms with van der Waals surface area (Å²) in [6.45, 7) is 2.98. The van der Waals surface area contributed by atoms with Gasteiger partial charge in [-0.2, -0.15) is 4.98 Å². The van der Waals surface area contributed by atoms with E-state index in [2.05, 4.69) is 20.4 Å². The van der Waals surface area contributed by atoms with Crippen molar-refractivity contribution in [2.45, 2.75) is 25.4 Å². The Morgan fingerprint density at radius 3 is 2.70 bits per heavy atom. The van der Waals surface area contributed by atoms with E-state index >= 15 is 0 Å². The molecule has 156 valence electrons. The average molecular weight is 430 g/mol. The first-order chi connectivity index (χ1) is 14.3. The van der Waals surface area contributed by atoms with Gasteiger partial charge in [0.1, 0.15) is 5.69 Å². The first-order valence-electron chi connectivity index (χ1n) is 8.76. The number of carbonyl (C=O) groups excluding carboxylic acids is 2. The lowest BCUT2D eigenvalue weighted by Gasteiger charge is -2.10. The van der Waals surface area contributed by atoms with E-state index in [1.807, 2.05) is 6.26 Å². The lowest BCUT2D eigenvalue weighted by Crippen LogP contribution is -2.22. The Labute approximate surface area is 175 Å². The van der Waals surface area contributed by atoms with Crippen LogP contribution in [-0.4, -0.2) is 49.2 Å². The lowest BCUT2D eigenvalue weighted by molar-refractivity contribution is -0.383. The second-order valence-electron chi connectivity index (χ2n) is 6.23. The van der Waals surface area contributed by atoms with Crippen molar-refractivity contribution in [1.82, 2.24) is 19.6 Å². The van der Waals surface area contributed by atoms with Gasteiger partial charge in [-0.15, -0.1) is 5.10 Å². The number of nitro groups is 1. The molecule has 3 rings (SSSR count). The molecule has 0 atom stereocenters. The first-order valence-corrected chi connectivity index (χ1v) is 9.98. The van der Waals surface area contributed by atoms with Crippen molar-refractivity contribution in [3.63, 3.8) is 0 Å². The highest BCUT2D eigenvalue weighted by Gasteiger charge is 2.19. The Kier molecular flexibility index (Phi) is 6.26. The molecule has 12 heteroatoms. The summed E-state index contributed by atoms with van der Waals surface area (Å²) in [5.41, 5.74) is 1.72.